The predicted octanol–water partition coefficient (Wildman–Crippen LogP) is 3.72. The second-order valence-corrected chi connectivity index (χ2v) is 7.40. The molecule has 0 saturated carbocycles. The monoisotopic (exact) mass is 488 g/mol. The first-order valence-electron chi connectivity index (χ1n) is 10.8. The Morgan fingerprint density at radius 1 is 0.914 bits per heavy atom. The largest absolute Gasteiger partial charge is 0.507 e. The summed E-state index contributed by atoms with van der Waals surface area (Å²) in [6.45, 7) is 1.72. The van der Waals surface area contributed by atoms with E-state index in [2.05, 4.69) is 0 Å². The van der Waals surface area contributed by atoms with Gasteiger partial charge < -0.3 is 38.6 Å². The topological polar surface area (TPSA) is 113 Å². The fraction of sp³-hybridized carbons (Fsp3) is 0.346. The number of aromatic hydroxyl groups is 1. The third kappa shape index (κ3) is 8.41. The van der Waals surface area contributed by atoms with Gasteiger partial charge >= 0.3 is 0 Å². The van der Waals surface area contributed by atoms with E-state index in [0.717, 1.165) is 5.57 Å². The van der Waals surface area contributed by atoms with Crippen molar-refractivity contribution >= 4 is 11.9 Å². The number of aliphatic hydroxyl groups is 1. The Kier molecular flexibility index (Phi) is 11.8. The summed E-state index contributed by atoms with van der Waals surface area (Å²) < 4.78 is 31.4. The molecule has 9 nitrogen and oxygen atoms in total. The van der Waals surface area contributed by atoms with Gasteiger partial charge in [-0.2, -0.15) is 0 Å². The molecule has 0 heterocycles. The van der Waals surface area contributed by atoms with Gasteiger partial charge in [-0.25, -0.2) is 0 Å². The number of carbonyl (C=O) groups is 1. The molecule has 0 amide bonds. The first-order valence-corrected chi connectivity index (χ1v) is 10.8. The average Bonchev–Trinajstić information content (AvgIpc) is 2.87. The fourth-order valence-corrected chi connectivity index (χ4v) is 2.98. The van der Waals surface area contributed by atoms with Gasteiger partial charge in [0, 0.05) is 38.5 Å². The lowest BCUT2D eigenvalue weighted by Gasteiger charge is -2.14. The Labute approximate surface area is 205 Å². The summed E-state index contributed by atoms with van der Waals surface area (Å²) in [5.74, 6) is 0.745. The van der Waals surface area contributed by atoms with Crippen molar-refractivity contribution in [2.75, 3.05) is 48.3 Å². The van der Waals surface area contributed by atoms with Gasteiger partial charge in [-0.05, 0) is 49.8 Å². The van der Waals surface area contributed by atoms with Crippen LogP contribution >= 0.6 is 0 Å². The molecule has 0 bridgehead atoms. The molecule has 0 unspecified atom stereocenters. The third-order valence-corrected chi connectivity index (χ3v) is 4.82. The Morgan fingerprint density at radius 3 is 2.23 bits per heavy atom. The molecule has 35 heavy (non-hydrogen) atoms. The second-order valence-electron chi connectivity index (χ2n) is 7.40. The van der Waals surface area contributed by atoms with E-state index in [9.17, 15) is 15.0 Å². The van der Waals surface area contributed by atoms with E-state index in [1.165, 1.54) is 33.5 Å². The molecule has 2 rings (SSSR count). The Bertz CT molecular complexity index is 1030. The number of ketones is 1. The fourth-order valence-electron chi connectivity index (χ4n) is 2.98. The molecule has 0 spiro atoms. The molecule has 0 aliphatic carbocycles. The first-order chi connectivity index (χ1) is 16.9. The van der Waals surface area contributed by atoms with E-state index >= 15 is 0 Å². The third-order valence-electron chi connectivity index (χ3n) is 4.82. The lowest BCUT2D eigenvalue weighted by Crippen LogP contribution is -2.05. The van der Waals surface area contributed by atoms with E-state index < -0.39 is 5.78 Å². The second kappa shape index (κ2) is 14.8. The van der Waals surface area contributed by atoms with Gasteiger partial charge in [-0.15, -0.1) is 0 Å². The van der Waals surface area contributed by atoms with Gasteiger partial charge in [-0.1, -0.05) is 11.6 Å². The highest BCUT2D eigenvalue weighted by molar-refractivity contribution is 6.09. The molecule has 0 aliphatic rings. The number of benzene rings is 2. The number of methoxy groups -OCH3 is 3. The molecule has 0 aromatic heterocycles. The Morgan fingerprint density at radius 2 is 1.57 bits per heavy atom. The molecule has 2 aromatic carbocycles. The summed E-state index contributed by atoms with van der Waals surface area (Å²) >= 11 is 0. The minimum absolute atomic E-state index is 0.0103. The molecule has 2 aromatic rings. The molecule has 0 fully saturated rings. The van der Waals surface area contributed by atoms with Crippen molar-refractivity contribution < 1.29 is 43.4 Å². The van der Waals surface area contributed by atoms with Crippen LogP contribution in [-0.4, -0.2) is 64.3 Å². The van der Waals surface area contributed by atoms with Crippen LogP contribution in [0, 0.1) is 0 Å². The van der Waals surface area contributed by atoms with Crippen LogP contribution in [0.1, 0.15) is 28.4 Å². The van der Waals surface area contributed by atoms with E-state index in [4.69, 9.17) is 28.4 Å². The minimum atomic E-state index is -0.415. The smallest absolute Gasteiger partial charge is 0.189 e. The van der Waals surface area contributed by atoms with Crippen LogP contribution in [0.15, 0.2) is 48.1 Å². The minimum Gasteiger partial charge on any atom is -0.507 e. The zero-order valence-corrected chi connectivity index (χ0v) is 20.4. The summed E-state index contributed by atoms with van der Waals surface area (Å²) in [6.07, 6.45) is 4.94. The molecule has 0 aliphatic heterocycles. The Balaban J connectivity index is 2.34. The number of rotatable bonds is 15. The van der Waals surface area contributed by atoms with E-state index in [0.29, 0.717) is 28.4 Å². The van der Waals surface area contributed by atoms with Crippen LogP contribution < -0.4 is 14.2 Å². The van der Waals surface area contributed by atoms with Gasteiger partial charge in [-0.3, -0.25) is 4.79 Å². The summed E-state index contributed by atoms with van der Waals surface area (Å²) in [4.78, 5) is 13.0. The van der Waals surface area contributed by atoms with E-state index in [1.807, 2.05) is 0 Å². The number of phenolic OH excluding ortho intramolecular Hbond substituents is 1. The summed E-state index contributed by atoms with van der Waals surface area (Å²) in [5, 5.41) is 20.1. The van der Waals surface area contributed by atoms with Crippen molar-refractivity contribution in [1.82, 2.24) is 0 Å². The lowest BCUT2D eigenvalue weighted by atomic mass is 10.00. The van der Waals surface area contributed by atoms with Crippen molar-refractivity contribution in [3.63, 3.8) is 0 Å². The first kappa shape index (κ1) is 27.9. The van der Waals surface area contributed by atoms with Gasteiger partial charge in [0.2, 0.25) is 0 Å². The highest BCUT2D eigenvalue weighted by Crippen LogP contribution is 2.33. The van der Waals surface area contributed by atoms with E-state index in [-0.39, 0.29) is 44.7 Å². The van der Waals surface area contributed by atoms with Crippen molar-refractivity contribution in [1.29, 1.82) is 0 Å². The van der Waals surface area contributed by atoms with Crippen molar-refractivity contribution in [2.45, 2.75) is 13.3 Å². The number of carbonyl (C=O) groups excluding carboxylic acids is 1. The van der Waals surface area contributed by atoms with Gasteiger partial charge in [0.05, 0.1) is 12.2 Å². The SMILES string of the molecule is COCOc1ccc(/C=C/C(=O)c2ccc(OCOC)c(C/C=C(\C)CO)c2O)c(OCOC)c1. The van der Waals surface area contributed by atoms with Crippen LogP contribution in [0.3, 0.4) is 0 Å². The molecule has 190 valence electrons. The Hall–Kier alpha value is -3.37. The highest BCUT2D eigenvalue weighted by Gasteiger charge is 2.17. The van der Waals surface area contributed by atoms with Gasteiger partial charge in [0.25, 0.3) is 0 Å². The number of phenols is 1. The molecule has 0 saturated heterocycles. The van der Waals surface area contributed by atoms with Gasteiger partial charge in [0.1, 0.15) is 23.0 Å². The molecule has 0 atom stereocenters. The van der Waals surface area contributed by atoms with Gasteiger partial charge in [0.15, 0.2) is 26.2 Å². The molecule has 2 N–H and O–H groups in total. The van der Waals surface area contributed by atoms with Crippen LogP contribution in [-0.2, 0) is 20.6 Å². The van der Waals surface area contributed by atoms with Crippen LogP contribution in [0.4, 0.5) is 0 Å². The zero-order chi connectivity index (χ0) is 25.6. The average molecular weight is 489 g/mol. The highest BCUT2D eigenvalue weighted by atomic mass is 16.7. The maximum Gasteiger partial charge on any atom is 0.189 e. The predicted molar refractivity (Wildman–Crippen MR) is 130 cm³/mol. The number of ether oxygens (including phenoxy) is 6. The van der Waals surface area contributed by atoms with Crippen LogP contribution in [0.25, 0.3) is 6.08 Å². The standard InChI is InChI=1S/C26H32O9/c1-18(14-27)5-9-22-24(34-16-31-3)12-10-21(26(22)29)23(28)11-7-19-6-8-20(33-15-30-2)13-25(19)35-17-32-4/h5-8,10-13,27,29H,9,14-17H2,1-4H3/b11-7+,18-5+. The normalized spacial score (nSPS) is 11.6. The number of aliphatic hydroxyl groups excluding tert-OH is 1. The number of hydrogen-bond acceptors (Lipinski definition) is 9. The summed E-state index contributed by atoms with van der Waals surface area (Å²) in [6, 6.07) is 8.20. The number of allylic oxidation sites excluding steroid dienone is 2. The van der Waals surface area contributed by atoms with E-state index in [1.54, 1.807) is 43.3 Å². The maximum absolute atomic E-state index is 13.0. The molecule has 9 heteroatoms. The lowest BCUT2D eigenvalue weighted by molar-refractivity contribution is 0.0459. The maximum atomic E-state index is 13.0. The van der Waals surface area contributed by atoms with Crippen molar-refractivity contribution in [3.05, 3.63) is 64.7 Å². The quantitative estimate of drug-likeness (QED) is 0.168. The zero-order valence-electron chi connectivity index (χ0n) is 20.4. The summed E-state index contributed by atoms with van der Waals surface area (Å²) in [5.41, 5.74) is 1.86. The molecule has 0 radical (unpaired) electrons. The van der Waals surface area contributed by atoms with Crippen molar-refractivity contribution in [2.24, 2.45) is 0 Å². The van der Waals surface area contributed by atoms with Crippen molar-refractivity contribution in [3.8, 4) is 23.0 Å². The van der Waals surface area contributed by atoms with Crippen LogP contribution in [0.5, 0.6) is 23.0 Å². The van der Waals surface area contributed by atoms with Crippen LogP contribution in [0.2, 0.25) is 0 Å². The number of hydrogen-bond donors (Lipinski definition) is 2. The molecular formula is C26H32O9. The molecular weight excluding hydrogens is 456 g/mol. The summed E-state index contributed by atoms with van der Waals surface area (Å²) in [7, 11) is 4.51.